The van der Waals surface area contributed by atoms with Crippen molar-refractivity contribution in [1.82, 2.24) is 5.43 Å². The molecule has 0 heterocycles. The van der Waals surface area contributed by atoms with Crippen molar-refractivity contribution < 1.29 is 14.0 Å². The maximum atomic E-state index is 12.8. The Kier molecular flexibility index (Phi) is 5.62. The number of benzene rings is 2. The third kappa shape index (κ3) is 4.91. The van der Waals surface area contributed by atoms with Crippen molar-refractivity contribution in [2.45, 2.75) is 13.3 Å². The van der Waals surface area contributed by atoms with Crippen LogP contribution in [0.15, 0.2) is 53.6 Å². The van der Waals surface area contributed by atoms with E-state index in [1.54, 1.807) is 31.2 Å². The first-order valence-corrected chi connectivity index (χ1v) is 7.19. The van der Waals surface area contributed by atoms with Crippen LogP contribution in [0.25, 0.3) is 0 Å². The fourth-order valence-electron chi connectivity index (χ4n) is 1.92. The normalized spacial score (nSPS) is 11.0. The Bertz CT molecular complexity index is 772. The molecular formula is C17H17FN4O2. The zero-order valence-corrected chi connectivity index (χ0v) is 13.0. The topological polar surface area (TPSA) is 96.6 Å². The van der Waals surface area contributed by atoms with E-state index >= 15 is 0 Å². The van der Waals surface area contributed by atoms with Gasteiger partial charge in [-0.15, -0.1) is 0 Å². The van der Waals surface area contributed by atoms with E-state index in [2.05, 4.69) is 15.8 Å². The Balaban J connectivity index is 1.89. The lowest BCUT2D eigenvalue weighted by Gasteiger charge is -2.06. The van der Waals surface area contributed by atoms with Gasteiger partial charge < -0.3 is 11.1 Å². The molecule has 0 bridgehead atoms. The number of nitrogens with one attached hydrogen (secondary N) is 2. The lowest BCUT2D eigenvalue weighted by Crippen LogP contribution is -2.22. The first-order chi connectivity index (χ1) is 11.5. The predicted molar refractivity (Wildman–Crippen MR) is 91.1 cm³/mol. The summed E-state index contributed by atoms with van der Waals surface area (Å²) in [6.45, 7) is 1.61. The molecule has 0 aliphatic carbocycles. The maximum absolute atomic E-state index is 12.8. The van der Waals surface area contributed by atoms with Crippen LogP contribution >= 0.6 is 0 Å². The summed E-state index contributed by atoms with van der Waals surface area (Å²) in [7, 11) is 0. The van der Waals surface area contributed by atoms with E-state index < -0.39 is 5.91 Å². The first kappa shape index (κ1) is 17.1. The van der Waals surface area contributed by atoms with Crippen molar-refractivity contribution in [1.29, 1.82) is 0 Å². The molecule has 2 rings (SSSR count). The number of carbonyl (C=O) groups excluding carboxylic acids is 2. The number of hydrogen-bond acceptors (Lipinski definition) is 4. The summed E-state index contributed by atoms with van der Waals surface area (Å²) < 4.78 is 12.8. The first-order valence-electron chi connectivity index (χ1n) is 7.19. The van der Waals surface area contributed by atoms with E-state index in [0.717, 1.165) is 0 Å². The fraction of sp³-hybridized carbons (Fsp3) is 0.118. The van der Waals surface area contributed by atoms with Crippen LogP contribution < -0.4 is 16.5 Å². The maximum Gasteiger partial charge on any atom is 0.273 e. The highest BCUT2D eigenvalue weighted by molar-refractivity contribution is 6.06. The average Bonchev–Trinajstić information content (AvgIpc) is 2.55. The Labute approximate surface area is 138 Å². The molecular weight excluding hydrogens is 311 g/mol. The van der Waals surface area contributed by atoms with E-state index in [4.69, 9.17) is 5.73 Å². The van der Waals surface area contributed by atoms with Crippen LogP contribution in [0, 0.1) is 5.82 Å². The number of nitrogen functional groups attached to an aromatic ring is 1. The minimum atomic E-state index is -0.452. The van der Waals surface area contributed by atoms with Gasteiger partial charge in [0.1, 0.15) is 5.82 Å². The van der Waals surface area contributed by atoms with Gasteiger partial charge in [0, 0.05) is 17.1 Å². The van der Waals surface area contributed by atoms with Gasteiger partial charge in [0.05, 0.1) is 12.0 Å². The smallest absolute Gasteiger partial charge is 0.273 e. The number of nitrogens with two attached hydrogens (primary N) is 1. The van der Waals surface area contributed by atoms with Gasteiger partial charge in [-0.3, -0.25) is 9.59 Å². The fourth-order valence-corrected chi connectivity index (χ4v) is 1.92. The molecule has 7 heteroatoms. The number of para-hydroxylation sites is 1. The van der Waals surface area contributed by atoms with E-state index in [1.165, 1.54) is 24.3 Å². The second-order valence-electron chi connectivity index (χ2n) is 5.11. The third-order valence-electron chi connectivity index (χ3n) is 3.10. The van der Waals surface area contributed by atoms with Gasteiger partial charge in [-0.2, -0.15) is 5.10 Å². The van der Waals surface area contributed by atoms with Gasteiger partial charge in [0.2, 0.25) is 5.91 Å². The lowest BCUT2D eigenvalue weighted by molar-refractivity contribution is -0.115. The molecule has 0 unspecified atom stereocenters. The molecule has 0 radical (unpaired) electrons. The molecule has 0 fully saturated rings. The van der Waals surface area contributed by atoms with E-state index in [0.29, 0.717) is 22.6 Å². The van der Waals surface area contributed by atoms with Crippen molar-refractivity contribution in [2.24, 2.45) is 5.10 Å². The second kappa shape index (κ2) is 7.87. The number of amides is 2. The van der Waals surface area contributed by atoms with Gasteiger partial charge in [-0.1, -0.05) is 12.1 Å². The standard InChI is InChI=1S/C17H17FN4O2/c1-11(10-16(23)20-13-8-6-12(18)7-9-13)21-22-17(24)14-4-2-3-5-15(14)19/h2-9H,10,19H2,1H3,(H,20,23)(H,22,24). The Morgan fingerprint density at radius 1 is 1.12 bits per heavy atom. The molecule has 0 saturated carbocycles. The van der Waals surface area contributed by atoms with Crippen LogP contribution in [0.2, 0.25) is 0 Å². The summed E-state index contributed by atoms with van der Waals surface area (Å²) in [5.41, 5.74) is 9.61. The van der Waals surface area contributed by atoms with E-state index in [9.17, 15) is 14.0 Å². The summed E-state index contributed by atoms with van der Waals surface area (Å²) in [5.74, 6) is -1.16. The summed E-state index contributed by atoms with van der Waals surface area (Å²) in [4.78, 5) is 23.8. The largest absolute Gasteiger partial charge is 0.398 e. The Morgan fingerprint density at radius 3 is 2.46 bits per heavy atom. The third-order valence-corrected chi connectivity index (χ3v) is 3.10. The highest BCUT2D eigenvalue weighted by atomic mass is 19.1. The number of anilines is 2. The molecule has 2 amide bonds. The van der Waals surface area contributed by atoms with Crippen molar-refractivity contribution in [3.8, 4) is 0 Å². The van der Waals surface area contributed by atoms with Crippen molar-refractivity contribution in [2.75, 3.05) is 11.1 Å². The summed E-state index contributed by atoms with van der Waals surface area (Å²) in [6.07, 6.45) is -0.0120. The molecule has 0 aliphatic rings. The molecule has 0 atom stereocenters. The summed E-state index contributed by atoms with van der Waals surface area (Å²) in [5, 5.41) is 6.49. The lowest BCUT2D eigenvalue weighted by atomic mass is 10.2. The number of hydrazone groups is 1. The Hall–Kier alpha value is -3.22. The van der Waals surface area contributed by atoms with Crippen LogP contribution in [-0.2, 0) is 4.79 Å². The number of rotatable bonds is 5. The monoisotopic (exact) mass is 328 g/mol. The number of nitrogens with zero attached hydrogens (tertiary/aromatic N) is 1. The predicted octanol–water partition coefficient (Wildman–Crippen LogP) is 2.54. The van der Waals surface area contributed by atoms with Crippen LogP contribution in [0.3, 0.4) is 0 Å². The van der Waals surface area contributed by atoms with E-state index in [-0.39, 0.29) is 18.1 Å². The molecule has 0 saturated heterocycles. The average molecular weight is 328 g/mol. The molecule has 0 aliphatic heterocycles. The SMILES string of the molecule is CC(CC(=O)Nc1ccc(F)cc1)=NNC(=O)c1ccccc1N. The number of halogens is 1. The number of hydrogen-bond donors (Lipinski definition) is 3. The quantitative estimate of drug-likeness (QED) is 0.447. The zero-order chi connectivity index (χ0) is 17.5. The van der Waals surface area contributed by atoms with Gasteiger partial charge in [0.15, 0.2) is 0 Å². The Morgan fingerprint density at radius 2 is 1.79 bits per heavy atom. The molecule has 6 nitrogen and oxygen atoms in total. The molecule has 0 aromatic heterocycles. The van der Waals surface area contributed by atoms with Crippen LogP contribution in [-0.4, -0.2) is 17.5 Å². The van der Waals surface area contributed by atoms with Crippen molar-refractivity contribution in [3.05, 3.63) is 59.9 Å². The zero-order valence-electron chi connectivity index (χ0n) is 13.0. The van der Waals surface area contributed by atoms with Gasteiger partial charge in [-0.25, -0.2) is 9.82 Å². The second-order valence-corrected chi connectivity index (χ2v) is 5.11. The highest BCUT2D eigenvalue weighted by Crippen LogP contribution is 2.10. The van der Waals surface area contributed by atoms with Gasteiger partial charge in [-0.05, 0) is 43.3 Å². The van der Waals surface area contributed by atoms with Crippen LogP contribution in [0.5, 0.6) is 0 Å². The van der Waals surface area contributed by atoms with E-state index in [1.807, 2.05) is 0 Å². The van der Waals surface area contributed by atoms with Gasteiger partial charge in [0.25, 0.3) is 5.91 Å². The highest BCUT2D eigenvalue weighted by Gasteiger charge is 2.09. The molecule has 4 N–H and O–H groups in total. The summed E-state index contributed by atoms with van der Waals surface area (Å²) >= 11 is 0. The number of carbonyl (C=O) groups is 2. The molecule has 2 aromatic rings. The van der Waals surface area contributed by atoms with Crippen molar-refractivity contribution >= 4 is 28.9 Å². The molecule has 24 heavy (non-hydrogen) atoms. The minimum Gasteiger partial charge on any atom is -0.398 e. The van der Waals surface area contributed by atoms with Crippen molar-refractivity contribution in [3.63, 3.8) is 0 Å². The molecule has 124 valence electrons. The minimum absolute atomic E-state index is 0.0120. The van der Waals surface area contributed by atoms with Crippen LogP contribution in [0.4, 0.5) is 15.8 Å². The molecule has 0 spiro atoms. The summed E-state index contributed by atoms with van der Waals surface area (Å²) in [6, 6.07) is 12.0. The van der Waals surface area contributed by atoms with Crippen LogP contribution in [0.1, 0.15) is 23.7 Å². The van der Waals surface area contributed by atoms with Gasteiger partial charge >= 0.3 is 0 Å². The molecule has 2 aromatic carbocycles.